The summed E-state index contributed by atoms with van der Waals surface area (Å²) < 4.78 is 3.82. The third kappa shape index (κ3) is 7.60. The van der Waals surface area contributed by atoms with Gasteiger partial charge >= 0.3 is 5.69 Å². The van der Waals surface area contributed by atoms with Gasteiger partial charge in [-0.1, -0.05) is 44.2 Å². The summed E-state index contributed by atoms with van der Waals surface area (Å²) in [7, 11) is 0. The summed E-state index contributed by atoms with van der Waals surface area (Å²) in [5.41, 5.74) is 1.96. The first kappa shape index (κ1) is 32.0. The number of aryl methyl sites for hydroxylation is 1. The summed E-state index contributed by atoms with van der Waals surface area (Å²) >= 11 is 0. The van der Waals surface area contributed by atoms with Gasteiger partial charge in [0.2, 0.25) is 5.91 Å². The first-order valence-electron chi connectivity index (χ1n) is 15.1. The Balaban J connectivity index is 0.00000210. The summed E-state index contributed by atoms with van der Waals surface area (Å²) in [6, 6.07) is 7.99. The van der Waals surface area contributed by atoms with Crippen molar-refractivity contribution in [1.82, 2.24) is 24.7 Å². The predicted octanol–water partition coefficient (Wildman–Crippen LogP) is 5.01. The highest BCUT2D eigenvalue weighted by atomic mass is 35.5. The van der Waals surface area contributed by atoms with E-state index in [1.165, 1.54) is 44.9 Å². The maximum Gasteiger partial charge on any atom is 0.329 e. The second kappa shape index (κ2) is 15.5. The maximum atomic E-state index is 13.8. The first-order valence-corrected chi connectivity index (χ1v) is 15.1. The fourth-order valence-corrected chi connectivity index (χ4v) is 7.15. The van der Waals surface area contributed by atoms with Gasteiger partial charge in [-0.15, -0.1) is 24.8 Å². The smallest absolute Gasteiger partial charge is 0.329 e. The van der Waals surface area contributed by atoms with Crippen LogP contribution in [0.25, 0.3) is 11.0 Å². The van der Waals surface area contributed by atoms with Crippen LogP contribution in [0.4, 0.5) is 0 Å². The molecule has 2 aromatic rings. The number of aromatic nitrogens is 2. The zero-order valence-electron chi connectivity index (χ0n) is 23.6. The molecule has 0 unspecified atom stereocenters. The Labute approximate surface area is 246 Å². The number of carbonyl (C=O) groups excluding carboxylic acids is 1. The zero-order chi connectivity index (χ0) is 25.6. The van der Waals surface area contributed by atoms with Crippen molar-refractivity contribution in [3.63, 3.8) is 0 Å². The molecule has 3 fully saturated rings. The van der Waals surface area contributed by atoms with Crippen molar-refractivity contribution >= 4 is 41.8 Å². The first-order chi connectivity index (χ1) is 18.2. The second-order valence-corrected chi connectivity index (χ2v) is 11.8. The van der Waals surface area contributed by atoms with E-state index < -0.39 is 0 Å². The number of carbonyl (C=O) groups is 1. The van der Waals surface area contributed by atoms with Crippen molar-refractivity contribution in [3.05, 3.63) is 34.7 Å². The maximum absolute atomic E-state index is 13.8. The van der Waals surface area contributed by atoms with E-state index in [-0.39, 0.29) is 48.4 Å². The number of nitrogens with one attached hydrogen (secondary N) is 2. The number of nitrogens with zero attached hydrogens (tertiary/aromatic N) is 3. The van der Waals surface area contributed by atoms with Gasteiger partial charge in [0.05, 0.1) is 23.0 Å². The van der Waals surface area contributed by atoms with Crippen molar-refractivity contribution in [3.8, 4) is 0 Å². The van der Waals surface area contributed by atoms with E-state index in [1.807, 2.05) is 40.3 Å². The van der Waals surface area contributed by atoms with E-state index in [2.05, 4.69) is 15.5 Å². The molecule has 39 heavy (non-hydrogen) atoms. The number of hydrogen-bond acceptors (Lipinski definition) is 4. The van der Waals surface area contributed by atoms with Crippen LogP contribution in [0, 0.1) is 17.8 Å². The average molecular weight is 583 g/mol. The lowest BCUT2D eigenvalue weighted by Crippen LogP contribution is -2.51. The molecule has 9 heteroatoms. The van der Waals surface area contributed by atoms with Crippen LogP contribution in [0.3, 0.4) is 0 Å². The lowest BCUT2D eigenvalue weighted by atomic mass is 9.87. The van der Waals surface area contributed by atoms with Crippen molar-refractivity contribution in [1.29, 1.82) is 0 Å². The average Bonchev–Trinajstić information content (AvgIpc) is 3.20. The summed E-state index contributed by atoms with van der Waals surface area (Å²) in [6.45, 7) is 8.28. The topological polar surface area (TPSA) is 71.3 Å². The van der Waals surface area contributed by atoms with Crippen LogP contribution in [-0.2, 0) is 11.3 Å². The Bertz CT molecular complexity index is 1090. The molecule has 2 aliphatic heterocycles. The number of hydrogen-bond donors (Lipinski definition) is 2. The number of piperidine rings is 2. The van der Waals surface area contributed by atoms with Crippen LogP contribution in [-0.4, -0.2) is 59.2 Å². The zero-order valence-corrected chi connectivity index (χ0v) is 25.2. The van der Waals surface area contributed by atoms with E-state index in [1.54, 1.807) is 0 Å². The number of rotatable bonds is 7. The molecule has 0 radical (unpaired) electrons. The standard InChI is InChI=1S/C30H47N5O2.2ClH/c1-2-34-27-12-8-9-13-28(27)35(30(34)37)26-16-19-33(21-24-10-6-4-3-5-7-11-24)22-25(26)29(36)32-20-23-14-17-31-18-15-23;;/h8-9,12-13,23-26,31H,2-7,10-11,14-22H2,1H3,(H,32,36);2*1H/t25-,26-;;/m0../s1. The summed E-state index contributed by atoms with van der Waals surface area (Å²) in [6.07, 6.45) is 12.5. The van der Waals surface area contributed by atoms with Gasteiger partial charge in [-0.3, -0.25) is 13.9 Å². The van der Waals surface area contributed by atoms with Gasteiger partial charge in [0, 0.05) is 32.7 Å². The number of halogens is 2. The van der Waals surface area contributed by atoms with Crippen LogP contribution < -0.4 is 16.3 Å². The van der Waals surface area contributed by atoms with Gasteiger partial charge in [0.25, 0.3) is 0 Å². The van der Waals surface area contributed by atoms with Crippen molar-refractivity contribution in [2.75, 3.05) is 39.3 Å². The third-order valence-corrected chi connectivity index (χ3v) is 9.28. The summed E-state index contributed by atoms with van der Waals surface area (Å²) in [4.78, 5) is 30.0. The highest BCUT2D eigenvalue weighted by molar-refractivity contribution is 5.85. The minimum Gasteiger partial charge on any atom is -0.355 e. The minimum atomic E-state index is -0.210. The highest BCUT2D eigenvalue weighted by Crippen LogP contribution is 2.33. The van der Waals surface area contributed by atoms with E-state index >= 15 is 0 Å². The van der Waals surface area contributed by atoms with Gasteiger partial charge in [-0.05, 0) is 76.1 Å². The van der Waals surface area contributed by atoms with Gasteiger partial charge in [-0.25, -0.2) is 4.79 Å². The van der Waals surface area contributed by atoms with Crippen molar-refractivity contribution < 1.29 is 4.79 Å². The van der Waals surface area contributed by atoms with Crippen LogP contribution in [0.1, 0.15) is 77.2 Å². The lowest BCUT2D eigenvalue weighted by Gasteiger charge is -2.40. The third-order valence-electron chi connectivity index (χ3n) is 9.28. The summed E-state index contributed by atoms with van der Waals surface area (Å²) in [5, 5.41) is 6.76. The molecule has 2 N–H and O–H groups in total. The second-order valence-electron chi connectivity index (χ2n) is 11.8. The van der Waals surface area contributed by atoms with Gasteiger partial charge in [0.15, 0.2) is 0 Å². The Hall–Kier alpha value is -1.54. The molecule has 5 rings (SSSR count). The number of amides is 1. The Kier molecular flexibility index (Phi) is 12.7. The number of likely N-dealkylation sites (tertiary alicyclic amines) is 1. The number of benzene rings is 1. The largest absolute Gasteiger partial charge is 0.355 e. The normalized spacial score (nSPS) is 23.8. The molecule has 2 atom stereocenters. The molecule has 1 aromatic heterocycles. The molecule has 1 aliphatic carbocycles. The summed E-state index contributed by atoms with van der Waals surface area (Å²) in [5.74, 6) is 1.20. The molecule has 3 aliphatic rings. The Morgan fingerprint density at radius 2 is 1.59 bits per heavy atom. The molecular weight excluding hydrogens is 533 g/mol. The number of para-hydroxylation sites is 2. The molecule has 1 amide bonds. The monoisotopic (exact) mass is 581 g/mol. The van der Waals surface area contributed by atoms with E-state index in [0.717, 1.165) is 75.5 Å². The number of fused-ring (bicyclic) bond motifs is 1. The molecule has 7 nitrogen and oxygen atoms in total. The molecule has 220 valence electrons. The molecule has 2 saturated heterocycles. The van der Waals surface area contributed by atoms with Crippen LogP contribution in [0.2, 0.25) is 0 Å². The molecule has 0 bridgehead atoms. The number of imidazole rings is 1. The van der Waals surface area contributed by atoms with Gasteiger partial charge < -0.3 is 15.5 Å². The predicted molar refractivity (Wildman–Crippen MR) is 164 cm³/mol. The molecule has 1 saturated carbocycles. The van der Waals surface area contributed by atoms with Gasteiger partial charge in [0.1, 0.15) is 0 Å². The van der Waals surface area contributed by atoms with Crippen molar-refractivity contribution in [2.24, 2.45) is 17.8 Å². The lowest BCUT2D eigenvalue weighted by molar-refractivity contribution is -0.128. The van der Waals surface area contributed by atoms with E-state index in [9.17, 15) is 9.59 Å². The van der Waals surface area contributed by atoms with E-state index in [4.69, 9.17) is 0 Å². The minimum absolute atomic E-state index is 0. The highest BCUT2D eigenvalue weighted by Gasteiger charge is 2.38. The Morgan fingerprint density at radius 3 is 2.28 bits per heavy atom. The molecule has 0 spiro atoms. The SMILES string of the molecule is CCn1c(=O)n([C@H]2CCN(CC3CCCCCCC3)C[C@@H]2C(=O)NCC2CCNCC2)c2ccccc21.Cl.Cl. The molecule has 3 heterocycles. The fraction of sp³-hybridized carbons (Fsp3) is 0.733. The van der Waals surface area contributed by atoms with Crippen LogP contribution in [0.5, 0.6) is 0 Å². The van der Waals surface area contributed by atoms with Gasteiger partial charge in [-0.2, -0.15) is 0 Å². The van der Waals surface area contributed by atoms with Crippen LogP contribution >= 0.6 is 24.8 Å². The van der Waals surface area contributed by atoms with E-state index in [0.29, 0.717) is 12.5 Å². The molecular formula is C30H49Cl2N5O2. The molecule has 1 aromatic carbocycles. The Morgan fingerprint density at radius 1 is 0.923 bits per heavy atom. The fourth-order valence-electron chi connectivity index (χ4n) is 7.15. The van der Waals surface area contributed by atoms with Crippen LogP contribution in [0.15, 0.2) is 29.1 Å². The van der Waals surface area contributed by atoms with Crippen molar-refractivity contribution in [2.45, 2.75) is 83.7 Å². The quantitative estimate of drug-likeness (QED) is 0.482.